The van der Waals surface area contributed by atoms with E-state index in [0.717, 1.165) is 17.5 Å². The Balaban J connectivity index is 1.69. The van der Waals surface area contributed by atoms with Crippen LogP contribution in [-0.2, 0) is 17.6 Å². The van der Waals surface area contributed by atoms with Crippen LogP contribution < -0.4 is 0 Å². The van der Waals surface area contributed by atoms with Gasteiger partial charge in [-0.15, -0.1) is 0 Å². The van der Waals surface area contributed by atoms with Gasteiger partial charge < -0.3 is 0 Å². The monoisotopic (exact) mass is 275 g/mol. The predicted octanol–water partition coefficient (Wildman–Crippen LogP) is 3.98. The first kappa shape index (κ1) is 13.5. The summed E-state index contributed by atoms with van der Waals surface area (Å²) in [4.78, 5) is 16.2. The number of hydrogen-bond acceptors (Lipinski definition) is 2. The van der Waals surface area contributed by atoms with Crippen molar-refractivity contribution in [2.75, 3.05) is 0 Å². The van der Waals surface area contributed by atoms with Crippen LogP contribution in [0.5, 0.6) is 0 Å². The summed E-state index contributed by atoms with van der Waals surface area (Å²) < 4.78 is 0. The van der Waals surface area contributed by atoms with Crippen molar-refractivity contribution in [3.8, 4) is 0 Å². The second kappa shape index (κ2) is 6.31. The summed E-state index contributed by atoms with van der Waals surface area (Å²) in [6.07, 6.45) is 5.40. The molecule has 3 aromatic rings. The van der Waals surface area contributed by atoms with Crippen molar-refractivity contribution in [1.82, 2.24) is 4.98 Å². The zero-order valence-electron chi connectivity index (χ0n) is 11.8. The van der Waals surface area contributed by atoms with Crippen LogP contribution in [0.2, 0.25) is 0 Å². The average Bonchev–Trinajstić information content (AvgIpc) is 2.54. The number of aryl methyl sites for hydroxylation is 1. The van der Waals surface area contributed by atoms with Crippen LogP contribution in [0.4, 0.5) is 0 Å². The van der Waals surface area contributed by atoms with E-state index in [9.17, 15) is 4.79 Å². The van der Waals surface area contributed by atoms with Crippen LogP contribution in [0, 0.1) is 0 Å². The zero-order valence-corrected chi connectivity index (χ0v) is 11.8. The van der Waals surface area contributed by atoms with Gasteiger partial charge in [0.2, 0.25) is 0 Å². The Hall–Kier alpha value is -2.48. The molecular weight excluding hydrogens is 258 g/mol. The number of aromatic nitrogens is 1. The minimum absolute atomic E-state index is 0.281. The van der Waals surface area contributed by atoms with Gasteiger partial charge in [0.1, 0.15) is 5.78 Å². The zero-order chi connectivity index (χ0) is 14.5. The molecule has 0 unspecified atom stereocenters. The van der Waals surface area contributed by atoms with Crippen molar-refractivity contribution in [3.63, 3.8) is 0 Å². The van der Waals surface area contributed by atoms with Gasteiger partial charge in [-0.05, 0) is 40.5 Å². The van der Waals surface area contributed by atoms with Crippen molar-refractivity contribution in [2.45, 2.75) is 19.3 Å². The van der Waals surface area contributed by atoms with Gasteiger partial charge in [-0.1, -0.05) is 42.5 Å². The fraction of sp³-hybridized carbons (Fsp3) is 0.158. The smallest absolute Gasteiger partial charge is 0.137 e. The number of Topliss-reactive ketones (excluding diaryl/α,β-unsaturated/α-hetero) is 1. The Morgan fingerprint density at radius 1 is 0.905 bits per heavy atom. The molecule has 21 heavy (non-hydrogen) atoms. The highest BCUT2D eigenvalue weighted by molar-refractivity contribution is 5.90. The summed E-state index contributed by atoms with van der Waals surface area (Å²) >= 11 is 0. The maximum absolute atomic E-state index is 12.2. The third-order valence-electron chi connectivity index (χ3n) is 3.71. The molecule has 2 aromatic carbocycles. The van der Waals surface area contributed by atoms with E-state index >= 15 is 0 Å². The van der Waals surface area contributed by atoms with Gasteiger partial charge in [0.25, 0.3) is 0 Å². The highest BCUT2D eigenvalue weighted by Gasteiger charge is 2.07. The number of rotatable bonds is 5. The Morgan fingerprint density at radius 2 is 1.67 bits per heavy atom. The molecule has 0 saturated carbocycles. The van der Waals surface area contributed by atoms with E-state index in [-0.39, 0.29) is 5.78 Å². The molecule has 0 aliphatic carbocycles. The van der Waals surface area contributed by atoms with Crippen molar-refractivity contribution in [3.05, 3.63) is 78.1 Å². The quantitative estimate of drug-likeness (QED) is 0.705. The topological polar surface area (TPSA) is 30.0 Å². The van der Waals surface area contributed by atoms with Crippen molar-refractivity contribution in [1.29, 1.82) is 0 Å². The maximum atomic E-state index is 12.2. The molecular formula is C19H17NO. The predicted molar refractivity (Wildman–Crippen MR) is 85.2 cm³/mol. The number of benzene rings is 2. The molecule has 0 aliphatic rings. The number of carbonyl (C=O) groups is 1. The molecule has 2 nitrogen and oxygen atoms in total. The largest absolute Gasteiger partial charge is 0.299 e. The van der Waals surface area contributed by atoms with Crippen LogP contribution >= 0.6 is 0 Å². The van der Waals surface area contributed by atoms with Crippen molar-refractivity contribution >= 4 is 16.6 Å². The highest BCUT2D eigenvalue weighted by atomic mass is 16.1. The first-order chi connectivity index (χ1) is 10.3. The lowest BCUT2D eigenvalue weighted by atomic mass is 9.98. The number of nitrogens with zero attached hydrogens (tertiary/aromatic N) is 1. The molecule has 0 radical (unpaired) electrons. The van der Waals surface area contributed by atoms with Crippen molar-refractivity contribution < 1.29 is 4.79 Å². The van der Waals surface area contributed by atoms with Crippen LogP contribution in [0.3, 0.4) is 0 Å². The second-order valence-corrected chi connectivity index (χ2v) is 5.21. The lowest BCUT2D eigenvalue weighted by Crippen LogP contribution is -2.04. The summed E-state index contributed by atoms with van der Waals surface area (Å²) in [7, 11) is 0. The van der Waals surface area contributed by atoms with Gasteiger partial charge >= 0.3 is 0 Å². The molecule has 104 valence electrons. The molecule has 0 N–H and O–H groups in total. The molecule has 0 atom stereocenters. The molecule has 0 saturated heterocycles. The van der Waals surface area contributed by atoms with E-state index in [0.29, 0.717) is 12.8 Å². The molecule has 0 spiro atoms. The van der Waals surface area contributed by atoms with E-state index < -0.39 is 0 Å². The number of pyridine rings is 1. The highest BCUT2D eigenvalue weighted by Crippen LogP contribution is 2.19. The first-order valence-electron chi connectivity index (χ1n) is 7.20. The van der Waals surface area contributed by atoms with Crippen LogP contribution in [0.15, 0.2) is 67.0 Å². The first-order valence-corrected chi connectivity index (χ1v) is 7.20. The molecule has 1 aromatic heterocycles. The molecule has 0 fully saturated rings. The lowest BCUT2D eigenvalue weighted by molar-refractivity contribution is -0.118. The number of hydrogen-bond donors (Lipinski definition) is 0. The van der Waals surface area contributed by atoms with Crippen LogP contribution in [-0.4, -0.2) is 10.8 Å². The fourth-order valence-corrected chi connectivity index (χ4v) is 2.58. The van der Waals surface area contributed by atoms with Crippen LogP contribution in [0.25, 0.3) is 10.8 Å². The lowest BCUT2D eigenvalue weighted by Gasteiger charge is -2.06. The summed E-state index contributed by atoms with van der Waals surface area (Å²) in [5.74, 6) is 0.281. The van der Waals surface area contributed by atoms with E-state index in [1.807, 2.05) is 36.4 Å². The van der Waals surface area contributed by atoms with E-state index in [1.165, 1.54) is 10.8 Å². The molecule has 0 aliphatic heterocycles. The Kier molecular flexibility index (Phi) is 4.06. The van der Waals surface area contributed by atoms with Crippen molar-refractivity contribution in [2.24, 2.45) is 0 Å². The number of ketones is 1. The summed E-state index contributed by atoms with van der Waals surface area (Å²) in [5.41, 5.74) is 2.28. The third kappa shape index (κ3) is 3.34. The van der Waals surface area contributed by atoms with Gasteiger partial charge in [-0.25, -0.2) is 0 Å². The van der Waals surface area contributed by atoms with Gasteiger partial charge in [0.05, 0.1) is 0 Å². The molecule has 1 heterocycles. The Morgan fingerprint density at radius 3 is 2.52 bits per heavy atom. The van der Waals surface area contributed by atoms with E-state index in [1.54, 1.807) is 12.4 Å². The minimum Gasteiger partial charge on any atom is -0.299 e. The van der Waals surface area contributed by atoms with Crippen LogP contribution in [0.1, 0.15) is 17.5 Å². The fourth-order valence-electron chi connectivity index (χ4n) is 2.58. The minimum atomic E-state index is 0.281. The molecule has 0 bridgehead atoms. The second-order valence-electron chi connectivity index (χ2n) is 5.21. The standard InChI is InChI=1S/C19H17NO/c21-18(9-8-15-10-12-20-13-11-15)14-17-6-3-5-16-4-1-2-7-19(16)17/h1-7,10-13H,8-9,14H2. The number of fused-ring (bicyclic) bond motifs is 1. The Labute approximate surface area is 124 Å². The summed E-state index contributed by atoms with van der Waals surface area (Å²) in [6.45, 7) is 0. The summed E-state index contributed by atoms with van der Waals surface area (Å²) in [6, 6.07) is 18.3. The third-order valence-corrected chi connectivity index (χ3v) is 3.71. The number of carbonyl (C=O) groups excluding carboxylic acids is 1. The SMILES string of the molecule is O=C(CCc1ccncc1)Cc1cccc2ccccc12. The van der Waals surface area contributed by atoms with Gasteiger partial charge in [-0.2, -0.15) is 0 Å². The van der Waals surface area contributed by atoms with Gasteiger partial charge in [-0.3, -0.25) is 9.78 Å². The average molecular weight is 275 g/mol. The Bertz CT molecular complexity index is 744. The summed E-state index contributed by atoms with van der Waals surface area (Å²) in [5, 5.41) is 2.37. The molecule has 3 rings (SSSR count). The molecule has 0 amide bonds. The van der Waals surface area contributed by atoms with Gasteiger partial charge in [0.15, 0.2) is 0 Å². The van der Waals surface area contributed by atoms with Gasteiger partial charge in [0, 0.05) is 25.2 Å². The normalized spacial score (nSPS) is 10.7. The van der Waals surface area contributed by atoms with E-state index in [4.69, 9.17) is 0 Å². The molecule has 2 heteroatoms. The van der Waals surface area contributed by atoms with E-state index in [2.05, 4.69) is 23.2 Å². The maximum Gasteiger partial charge on any atom is 0.137 e.